The number of methoxy groups -OCH3 is 1. The maximum atomic E-state index is 13.4. The molecule has 0 radical (unpaired) electrons. The quantitative estimate of drug-likeness (QED) is 0.832. The molecule has 98 valence electrons. The maximum absolute atomic E-state index is 13.4. The van der Waals surface area contributed by atoms with Gasteiger partial charge in [-0.05, 0) is 43.5 Å². The summed E-state index contributed by atoms with van der Waals surface area (Å²) >= 11 is 0. The van der Waals surface area contributed by atoms with Crippen LogP contribution in [0.15, 0.2) is 12.1 Å². The Balaban J connectivity index is 0.000000357. The van der Waals surface area contributed by atoms with Crippen LogP contribution in [-0.4, -0.2) is 18.6 Å². The molecule has 0 aliphatic heterocycles. The smallest absolute Gasteiger partial charge is 0.292 e. The number of aryl methyl sites for hydroxylation is 3. The molecule has 0 fully saturated rings. The molecular formula is C14H18FNO2. The number of hydrogen-bond acceptors (Lipinski definition) is 2. The molecule has 0 saturated heterocycles. The highest BCUT2D eigenvalue weighted by molar-refractivity contribution is 5.85. The van der Waals surface area contributed by atoms with Crippen LogP contribution in [0.2, 0.25) is 0 Å². The molecule has 0 bridgehead atoms. The Bertz CT molecular complexity index is 546. The van der Waals surface area contributed by atoms with E-state index in [1.807, 2.05) is 19.9 Å². The molecule has 1 aromatic heterocycles. The van der Waals surface area contributed by atoms with Crippen molar-refractivity contribution >= 4 is 17.4 Å². The van der Waals surface area contributed by atoms with Gasteiger partial charge in [-0.3, -0.25) is 4.79 Å². The van der Waals surface area contributed by atoms with Crippen molar-refractivity contribution in [3.05, 3.63) is 34.8 Å². The Labute approximate surface area is 106 Å². The van der Waals surface area contributed by atoms with Crippen molar-refractivity contribution < 1.29 is 13.9 Å². The van der Waals surface area contributed by atoms with Gasteiger partial charge in [-0.1, -0.05) is 6.92 Å². The molecule has 3 nitrogen and oxygen atoms in total. The molecule has 0 unspecified atom stereocenters. The lowest BCUT2D eigenvalue weighted by molar-refractivity contribution is -0.126. The molecule has 0 amide bonds. The number of aromatic nitrogens is 1. The largest absolute Gasteiger partial charge is 0.471 e. The third kappa shape index (κ3) is 2.88. The molecule has 2 rings (SSSR count). The molecular weight excluding hydrogens is 233 g/mol. The van der Waals surface area contributed by atoms with Gasteiger partial charge in [0.25, 0.3) is 6.47 Å². The summed E-state index contributed by atoms with van der Waals surface area (Å²) in [6.07, 6.45) is 0.742. The monoisotopic (exact) mass is 251 g/mol. The van der Waals surface area contributed by atoms with Gasteiger partial charge >= 0.3 is 0 Å². The van der Waals surface area contributed by atoms with E-state index >= 15 is 0 Å². The summed E-state index contributed by atoms with van der Waals surface area (Å²) in [6.45, 7) is 6.42. The normalized spacial score (nSPS) is 9.83. The number of H-pyrrole nitrogens is 1. The van der Waals surface area contributed by atoms with E-state index in [0.29, 0.717) is 6.47 Å². The lowest BCUT2D eigenvalue weighted by Crippen LogP contribution is -1.87. The lowest BCUT2D eigenvalue weighted by atomic mass is 10.1. The van der Waals surface area contributed by atoms with Gasteiger partial charge in [0.05, 0.1) is 7.11 Å². The van der Waals surface area contributed by atoms with Crippen molar-refractivity contribution in [3.63, 3.8) is 0 Å². The van der Waals surface area contributed by atoms with Crippen LogP contribution in [-0.2, 0) is 16.0 Å². The summed E-state index contributed by atoms with van der Waals surface area (Å²) in [7, 11) is 1.31. The first-order valence-corrected chi connectivity index (χ1v) is 5.78. The van der Waals surface area contributed by atoms with Gasteiger partial charge in [-0.25, -0.2) is 4.39 Å². The number of fused-ring (bicyclic) bond motifs is 1. The van der Waals surface area contributed by atoms with Gasteiger partial charge in [-0.15, -0.1) is 0 Å². The van der Waals surface area contributed by atoms with Crippen LogP contribution >= 0.6 is 0 Å². The molecule has 1 N–H and O–H groups in total. The topological polar surface area (TPSA) is 42.1 Å². The number of nitrogens with one attached hydrogen (secondary N) is 1. The Hall–Kier alpha value is -1.84. The zero-order valence-electron chi connectivity index (χ0n) is 11.1. The summed E-state index contributed by atoms with van der Waals surface area (Å²) in [5.41, 5.74) is 4.02. The van der Waals surface area contributed by atoms with Gasteiger partial charge in [0.2, 0.25) is 0 Å². The van der Waals surface area contributed by atoms with E-state index in [2.05, 4.69) is 16.6 Å². The summed E-state index contributed by atoms with van der Waals surface area (Å²) in [4.78, 5) is 12.1. The number of rotatable bonds is 2. The molecule has 0 saturated carbocycles. The zero-order chi connectivity index (χ0) is 13.7. The molecule has 2 aromatic rings. The van der Waals surface area contributed by atoms with Crippen molar-refractivity contribution in [1.82, 2.24) is 4.98 Å². The summed E-state index contributed by atoms with van der Waals surface area (Å²) in [5.74, 6) is -0.110. The second-order valence-corrected chi connectivity index (χ2v) is 4.05. The fraction of sp³-hybridized carbons (Fsp3) is 0.357. The second-order valence-electron chi connectivity index (χ2n) is 4.05. The second kappa shape index (κ2) is 6.19. The zero-order valence-corrected chi connectivity index (χ0v) is 11.1. The number of carbonyl (C=O) groups is 1. The molecule has 0 aliphatic carbocycles. The van der Waals surface area contributed by atoms with E-state index in [1.54, 1.807) is 6.07 Å². The number of ether oxygens (including phenoxy) is 1. The summed E-state index contributed by atoms with van der Waals surface area (Å²) in [5, 5.41) is 1.14. The minimum Gasteiger partial charge on any atom is -0.471 e. The van der Waals surface area contributed by atoms with Crippen LogP contribution in [0.4, 0.5) is 4.39 Å². The van der Waals surface area contributed by atoms with Crippen molar-refractivity contribution in [2.75, 3.05) is 7.11 Å². The Kier molecular flexibility index (Phi) is 4.89. The average Bonchev–Trinajstić information content (AvgIpc) is 2.64. The fourth-order valence-electron chi connectivity index (χ4n) is 1.80. The van der Waals surface area contributed by atoms with Crippen molar-refractivity contribution in [3.8, 4) is 0 Å². The van der Waals surface area contributed by atoms with Crippen molar-refractivity contribution in [1.29, 1.82) is 0 Å². The Morgan fingerprint density at radius 2 is 2.00 bits per heavy atom. The predicted octanol–water partition coefficient (Wildman–Crippen LogP) is 3.28. The maximum Gasteiger partial charge on any atom is 0.292 e. The SMILES string of the molecule is CCc1cc2c(C)c(C)[nH]c2cc1F.COC=O. The highest BCUT2D eigenvalue weighted by Crippen LogP contribution is 2.24. The van der Waals surface area contributed by atoms with E-state index in [-0.39, 0.29) is 5.82 Å². The third-order valence-corrected chi connectivity index (χ3v) is 2.95. The number of hydrogen-bond donors (Lipinski definition) is 1. The van der Waals surface area contributed by atoms with E-state index < -0.39 is 0 Å². The summed E-state index contributed by atoms with van der Waals surface area (Å²) < 4.78 is 17.3. The van der Waals surface area contributed by atoms with Crippen LogP contribution in [0.5, 0.6) is 0 Å². The summed E-state index contributed by atoms with van der Waals surface area (Å²) in [6, 6.07) is 3.54. The molecule has 0 spiro atoms. The molecule has 4 heteroatoms. The molecule has 0 atom stereocenters. The number of halogens is 1. The van der Waals surface area contributed by atoms with Crippen LogP contribution in [0.25, 0.3) is 10.9 Å². The van der Waals surface area contributed by atoms with Gasteiger partial charge in [-0.2, -0.15) is 0 Å². The highest BCUT2D eigenvalue weighted by atomic mass is 19.1. The van der Waals surface area contributed by atoms with Crippen LogP contribution in [0, 0.1) is 19.7 Å². The van der Waals surface area contributed by atoms with Crippen LogP contribution < -0.4 is 0 Å². The van der Waals surface area contributed by atoms with E-state index in [4.69, 9.17) is 4.79 Å². The minimum absolute atomic E-state index is 0.110. The number of benzene rings is 1. The van der Waals surface area contributed by atoms with Crippen molar-refractivity contribution in [2.45, 2.75) is 27.2 Å². The predicted molar refractivity (Wildman–Crippen MR) is 70.2 cm³/mol. The van der Waals surface area contributed by atoms with Crippen molar-refractivity contribution in [2.24, 2.45) is 0 Å². The molecule has 1 heterocycles. The Morgan fingerprint density at radius 1 is 1.39 bits per heavy atom. The molecule has 18 heavy (non-hydrogen) atoms. The first-order chi connectivity index (χ1) is 8.54. The van der Waals surface area contributed by atoms with E-state index in [9.17, 15) is 4.39 Å². The minimum atomic E-state index is -0.110. The number of aromatic amines is 1. The van der Waals surface area contributed by atoms with E-state index in [1.165, 1.54) is 12.7 Å². The van der Waals surface area contributed by atoms with Gasteiger partial charge in [0, 0.05) is 16.6 Å². The van der Waals surface area contributed by atoms with E-state index in [0.717, 1.165) is 28.6 Å². The van der Waals surface area contributed by atoms with Gasteiger partial charge in [0.1, 0.15) is 5.82 Å². The molecule has 1 aromatic carbocycles. The highest BCUT2D eigenvalue weighted by Gasteiger charge is 2.08. The number of carbonyl (C=O) groups excluding carboxylic acids is 1. The first kappa shape index (κ1) is 14.2. The van der Waals surface area contributed by atoms with Gasteiger partial charge in [0.15, 0.2) is 0 Å². The van der Waals surface area contributed by atoms with Gasteiger partial charge < -0.3 is 9.72 Å². The first-order valence-electron chi connectivity index (χ1n) is 5.78. The van der Waals surface area contributed by atoms with Crippen LogP contribution in [0.1, 0.15) is 23.7 Å². The fourth-order valence-corrected chi connectivity index (χ4v) is 1.80. The third-order valence-electron chi connectivity index (χ3n) is 2.95. The van der Waals surface area contributed by atoms with Crippen LogP contribution in [0.3, 0.4) is 0 Å². The standard InChI is InChI=1S/C12H14FN.C2H4O2/c1-4-9-5-10-7(2)8(3)14-12(10)6-11(9)13;1-4-2-3/h5-6,14H,4H2,1-3H3;2H,1H3. The Morgan fingerprint density at radius 3 is 2.50 bits per heavy atom. The molecule has 0 aliphatic rings. The average molecular weight is 251 g/mol. The lowest BCUT2D eigenvalue weighted by Gasteiger charge is -2.00.